The standard InChI is InChI=1S/C29H39ClN4O5/c1-31-23(16-20-11-13-22(30)14-12-20)19-27(35)32-25-9-4-5-10-26(25)33(2)29(37)21(18-28(36)39-3)17-24-8-6-7-15-34(24)38/h6-8,11-15,21,23,25-26,31H,4-5,9-10,16-19H2,1-3H3,(H,32,35)/t21-,23+,25+,26+/m1/s1. The lowest BCUT2D eigenvalue weighted by molar-refractivity contribution is -0.614. The van der Waals surface area contributed by atoms with E-state index in [2.05, 4.69) is 10.6 Å². The van der Waals surface area contributed by atoms with Gasteiger partial charge in [-0.2, -0.15) is 4.73 Å². The summed E-state index contributed by atoms with van der Waals surface area (Å²) in [7, 11) is 4.83. The number of likely N-dealkylation sites (N-methyl/N-ethyl adjacent to an activating group) is 2. The third-order valence-corrected chi connectivity index (χ3v) is 7.76. The molecular formula is C29H39ClN4O5. The molecule has 0 aliphatic heterocycles. The quantitative estimate of drug-likeness (QED) is 0.235. The number of benzene rings is 1. The molecule has 3 rings (SSSR count). The minimum Gasteiger partial charge on any atom is -0.619 e. The number of carbonyl (C=O) groups excluding carboxylic acids is 3. The van der Waals surface area contributed by atoms with Gasteiger partial charge in [-0.15, -0.1) is 0 Å². The van der Waals surface area contributed by atoms with Crippen molar-refractivity contribution in [3.63, 3.8) is 0 Å². The molecule has 1 aliphatic rings. The number of nitrogens with zero attached hydrogens (tertiary/aromatic N) is 2. The van der Waals surface area contributed by atoms with E-state index in [4.69, 9.17) is 16.3 Å². The van der Waals surface area contributed by atoms with Crippen LogP contribution >= 0.6 is 11.6 Å². The summed E-state index contributed by atoms with van der Waals surface area (Å²) in [6.45, 7) is 0. The van der Waals surface area contributed by atoms with Crippen molar-refractivity contribution >= 4 is 29.4 Å². The number of rotatable bonds is 12. The molecule has 1 aliphatic carbocycles. The van der Waals surface area contributed by atoms with Crippen molar-refractivity contribution in [1.29, 1.82) is 0 Å². The molecule has 2 N–H and O–H groups in total. The van der Waals surface area contributed by atoms with E-state index in [1.54, 1.807) is 30.1 Å². The van der Waals surface area contributed by atoms with Gasteiger partial charge in [0.1, 0.15) is 0 Å². The smallest absolute Gasteiger partial charge is 0.306 e. The van der Waals surface area contributed by atoms with Crippen molar-refractivity contribution < 1.29 is 23.9 Å². The number of esters is 1. The van der Waals surface area contributed by atoms with Gasteiger partial charge < -0.3 is 25.5 Å². The van der Waals surface area contributed by atoms with Crippen LogP contribution in [0.1, 0.15) is 49.8 Å². The third-order valence-electron chi connectivity index (χ3n) is 7.51. The maximum Gasteiger partial charge on any atom is 0.306 e. The van der Waals surface area contributed by atoms with E-state index in [-0.39, 0.29) is 42.8 Å². The number of hydrogen-bond acceptors (Lipinski definition) is 6. The highest BCUT2D eigenvalue weighted by molar-refractivity contribution is 6.30. The average molecular weight is 559 g/mol. The van der Waals surface area contributed by atoms with Crippen molar-refractivity contribution in [1.82, 2.24) is 15.5 Å². The predicted octanol–water partition coefficient (Wildman–Crippen LogP) is 2.80. The van der Waals surface area contributed by atoms with Gasteiger partial charge in [0.15, 0.2) is 11.9 Å². The predicted molar refractivity (Wildman–Crippen MR) is 149 cm³/mol. The summed E-state index contributed by atoms with van der Waals surface area (Å²) < 4.78 is 5.54. The van der Waals surface area contributed by atoms with Gasteiger partial charge in [-0.25, -0.2) is 0 Å². The molecule has 2 aromatic rings. The Bertz CT molecular complexity index is 1110. The molecule has 1 saturated carbocycles. The number of nitrogens with one attached hydrogen (secondary N) is 2. The Morgan fingerprint density at radius 2 is 1.82 bits per heavy atom. The lowest BCUT2D eigenvalue weighted by Gasteiger charge is -2.39. The van der Waals surface area contributed by atoms with E-state index in [9.17, 15) is 19.6 Å². The van der Waals surface area contributed by atoms with Gasteiger partial charge in [-0.05, 0) is 44.0 Å². The fourth-order valence-corrected chi connectivity index (χ4v) is 5.40. The highest BCUT2D eigenvalue weighted by atomic mass is 35.5. The first-order valence-corrected chi connectivity index (χ1v) is 13.8. The van der Waals surface area contributed by atoms with Crippen LogP contribution in [0.3, 0.4) is 0 Å². The van der Waals surface area contributed by atoms with Crippen LogP contribution in [-0.4, -0.2) is 62.0 Å². The number of aromatic nitrogens is 1. The lowest BCUT2D eigenvalue weighted by atomic mass is 9.87. The zero-order valence-electron chi connectivity index (χ0n) is 22.9. The molecule has 10 heteroatoms. The van der Waals surface area contributed by atoms with Gasteiger partial charge in [0, 0.05) is 49.1 Å². The number of hydrogen-bond donors (Lipinski definition) is 2. The number of ether oxygens (including phenoxy) is 1. The molecule has 1 aromatic heterocycles. The number of halogens is 1. The molecule has 212 valence electrons. The van der Waals surface area contributed by atoms with Crippen LogP contribution in [0.4, 0.5) is 0 Å². The average Bonchev–Trinajstić information content (AvgIpc) is 2.94. The summed E-state index contributed by atoms with van der Waals surface area (Å²) in [5, 5.41) is 19.3. The summed E-state index contributed by atoms with van der Waals surface area (Å²) in [5.74, 6) is -1.59. The minimum atomic E-state index is -0.753. The second-order valence-corrected chi connectivity index (χ2v) is 10.6. The molecule has 0 spiro atoms. The maximum atomic E-state index is 13.7. The first-order valence-electron chi connectivity index (χ1n) is 13.4. The van der Waals surface area contributed by atoms with Crippen molar-refractivity contribution in [2.24, 2.45) is 5.92 Å². The monoisotopic (exact) mass is 558 g/mol. The van der Waals surface area contributed by atoms with Crippen LogP contribution in [-0.2, 0) is 32.0 Å². The Morgan fingerprint density at radius 1 is 1.10 bits per heavy atom. The maximum absolute atomic E-state index is 13.7. The van der Waals surface area contributed by atoms with E-state index in [1.807, 2.05) is 31.3 Å². The number of amides is 2. The van der Waals surface area contributed by atoms with Gasteiger partial charge in [0.2, 0.25) is 11.8 Å². The first-order chi connectivity index (χ1) is 18.7. The van der Waals surface area contributed by atoms with Crippen LogP contribution in [0.15, 0.2) is 48.7 Å². The number of methoxy groups -OCH3 is 1. The molecule has 0 bridgehead atoms. The summed E-state index contributed by atoms with van der Waals surface area (Å²) in [6, 6.07) is 12.1. The van der Waals surface area contributed by atoms with Crippen molar-refractivity contribution in [2.75, 3.05) is 21.2 Å². The largest absolute Gasteiger partial charge is 0.619 e. The van der Waals surface area contributed by atoms with Crippen LogP contribution in [0.25, 0.3) is 0 Å². The Balaban J connectivity index is 1.67. The molecule has 39 heavy (non-hydrogen) atoms. The van der Waals surface area contributed by atoms with Gasteiger partial charge in [-0.3, -0.25) is 14.4 Å². The second kappa shape index (κ2) is 14.8. The van der Waals surface area contributed by atoms with Gasteiger partial charge in [0.05, 0.1) is 25.5 Å². The fourth-order valence-electron chi connectivity index (χ4n) is 5.27. The van der Waals surface area contributed by atoms with E-state index in [1.165, 1.54) is 13.3 Å². The fraction of sp³-hybridized carbons (Fsp3) is 0.517. The van der Waals surface area contributed by atoms with E-state index in [0.29, 0.717) is 28.3 Å². The molecule has 9 nitrogen and oxygen atoms in total. The van der Waals surface area contributed by atoms with Crippen molar-refractivity contribution in [3.05, 3.63) is 70.1 Å². The molecule has 1 fully saturated rings. The molecule has 1 aromatic carbocycles. The van der Waals surface area contributed by atoms with Crippen LogP contribution < -0.4 is 15.4 Å². The van der Waals surface area contributed by atoms with Gasteiger partial charge >= 0.3 is 5.97 Å². The summed E-state index contributed by atoms with van der Waals surface area (Å²) in [4.78, 5) is 40.5. The van der Waals surface area contributed by atoms with E-state index in [0.717, 1.165) is 31.2 Å². The van der Waals surface area contributed by atoms with Crippen molar-refractivity contribution in [3.8, 4) is 0 Å². The first kappa shape index (κ1) is 30.4. The normalized spacial score (nSPS) is 18.6. The SMILES string of the molecule is CN[C@H](CC(=O)N[C@H]1CCCC[C@@H]1N(C)C(=O)[C@@H](CC(=O)OC)Cc1cccc[n+]1[O-])Cc1ccc(Cl)cc1. The Morgan fingerprint density at radius 3 is 2.49 bits per heavy atom. The zero-order valence-corrected chi connectivity index (χ0v) is 23.7. The molecule has 1 heterocycles. The Kier molecular flexibility index (Phi) is 11.6. The highest BCUT2D eigenvalue weighted by Crippen LogP contribution is 2.25. The molecule has 0 saturated heterocycles. The molecule has 0 radical (unpaired) electrons. The Hall–Kier alpha value is -3.17. The highest BCUT2D eigenvalue weighted by Gasteiger charge is 2.36. The summed E-state index contributed by atoms with van der Waals surface area (Å²) in [6.07, 6.45) is 5.72. The van der Waals surface area contributed by atoms with E-state index < -0.39 is 11.9 Å². The Labute approximate surface area is 235 Å². The van der Waals surface area contributed by atoms with Gasteiger partial charge in [0.25, 0.3) is 0 Å². The van der Waals surface area contributed by atoms with Crippen molar-refractivity contribution in [2.45, 2.75) is 69.5 Å². The molecule has 2 amide bonds. The molecule has 0 unspecified atom stereocenters. The third kappa shape index (κ3) is 8.93. The van der Waals surface area contributed by atoms with Crippen LogP contribution in [0.2, 0.25) is 5.02 Å². The van der Waals surface area contributed by atoms with Crippen LogP contribution in [0.5, 0.6) is 0 Å². The van der Waals surface area contributed by atoms with E-state index >= 15 is 0 Å². The second-order valence-electron chi connectivity index (χ2n) is 10.2. The topological polar surface area (TPSA) is 115 Å². The number of pyridine rings is 1. The summed E-state index contributed by atoms with van der Waals surface area (Å²) in [5.41, 5.74) is 1.49. The number of carbonyl (C=O) groups is 3. The lowest BCUT2D eigenvalue weighted by Crippen LogP contribution is -2.55. The van der Waals surface area contributed by atoms with Gasteiger partial charge in [-0.1, -0.05) is 42.6 Å². The molecule has 4 atom stereocenters. The zero-order chi connectivity index (χ0) is 28.4. The molecular weight excluding hydrogens is 520 g/mol. The summed E-state index contributed by atoms with van der Waals surface area (Å²) >= 11 is 5.99. The van der Waals surface area contributed by atoms with Crippen LogP contribution in [0, 0.1) is 11.1 Å². The minimum absolute atomic E-state index is 0.0540.